The van der Waals surface area contributed by atoms with Gasteiger partial charge in [-0.1, -0.05) is 6.42 Å². The van der Waals surface area contributed by atoms with Crippen LogP contribution in [0, 0.1) is 12.8 Å². The van der Waals surface area contributed by atoms with Gasteiger partial charge >= 0.3 is 0 Å². The van der Waals surface area contributed by atoms with Crippen molar-refractivity contribution in [1.29, 1.82) is 0 Å². The van der Waals surface area contributed by atoms with Crippen molar-refractivity contribution in [2.45, 2.75) is 45.1 Å². The lowest BCUT2D eigenvalue weighted by Crippen LogP contribution is -2.43. The summed E-state index contributed by atoms with van der Waals surface area (Å²) in [5, 5.41) is 0. The quantitative estimate of drug-likeness (QED) is 0.780. The highest BCUT2D eigenvalue weighted by atomic mass is 79.9. The molecule has 1 saturated carbocycles. The smallest absolute Gasteiger partial charge is 0.131 e. The van der Waals surface area contributed by atoms with Gasteiger partial charge < -0.3 is 4.90 Å². The summed E-state index contributed by atoms with van der Waals surface area (Å²) in [5.74, 6) is 2.14. The van der Waals surface area contributed by atoms with E-state index in [1.54, 1.807) is 0 Å². The minimum absolute atomic E-state index is 0.760. The Hall–Kier alpha value is -0.570. The Bertz CT molecular complexity index is 419. The Balaban J connectivity index is 1.91. The third kappa shape index (κ3) is 2.10. The van der Waals surface area contributed by atoms with Crippen molar-refractivity contribution in [3.8, 4) is 0 Å². The number of piperidine rings is 1. The van der Waals surface area contributed by atoms with E-state index < -0.39 is 0 Å². The van der Waals surface area contributed by atoms with E-state index in [0.29, 0.717) is 0 Å². The topological polar surface area (TPSA) is 16.1 Å². The fraction of sp³-hybridized carbons (Fsp3) is 0.643. The molecule has 1 aliphatic carbocycles. The van der Waals surface area contributed by atoms with Gasteiger partial charge in [0, 0.05) is 23.3 Å². The van der Waals surface area contributed by atoms with Crippen LogP contribution in [-0.4, -0.2) is 17.6 Å². The Kier molecular flexibility index (Phi) is 3.12. The molecule has 2 atom stereocenters. The number of hydrogen-bond donors (Lipinski definition) is 0. The van der Waals surface area contributed by atoms with Gasteiger partial charge in [0.05, 0.1) is 0 Å². The van der Waals surface area contributed by atoms with Gasteiger partial charge in [-0.05, 0) is 66.1 Å². The number of aromatic nitrogens is 1. The Morgan fingerprint density at radius 2 is 2.12 bits per heavy atom. The summed E-state index contributed by atoms with van der Waals surface area (Å²) in [6.07, 6.45) is 8.88. The van der Waals surface area contributed by atoms with Crippen molar-refractivity contribution < 1.29 is 0 Å². The third-order valence-electron chi connectivity index (χ3n) is 4.28. The second kappa shape index (κ2) is 4.60. The van der Waals surface area contributed by atoms with Crippen LogP contribution < -0.4 is 4.90 Å². The molecule has 3 heteroatoms. The summed E-state index contributed by atoms with van der Waals surface area (Å²) in [6, 6.07) is 2.94. The minimum atomic E-state index is 0.760. The molecule has 2 heterocycles. The van der Waals surface area contributed by atoms with Crippen molar-refractivity contribution in [2.75, 3.05) is 11.4 Å². The molecule has 1 aromatic rings. The van der Waals surface area contributed by atoms with E-state index in [1.807, 2.05) is 6.20 Å². The molecule has 92 valence electrons. The zero-order valence-corrected chi connectivity index (χ0v) is 11.9. The number of anilines is 1. The average Bonchev–Trinajstić information content (AvgIpc) is 2.77. The van der Waals surface area contributed by atoms with Crippen molar-refractivity contribution in [3.05, 3.63) is 22.3 Å². The van der Waals surface area contributed by atoms with E-state index in [1.165, 1.54) is 50.0 Å². The first-order chi connectivity index (χ1) is 8.25. The molecule has 0 radical (unpaired) electrons. The van der Waals surface area contributed by atoms with Crippen molar-refractivity contribution in [3.63, 3.8) is 0 Å². The van der Waals surface area contributed by atoms with E-state index in [0.717, 1.165) is 16.4 Å². The van der Waals surface area contributed by atoms with Crippen LogP contribution in [0.15, 0.2) is 16.7 Å². The fourth-order valence-electron chi connectivity index (χ4n) is 3.55. The summed E-state index contributed by atoms with van der Waals surface area (Å²) >= 11 is 3.50. The second-order valence-corrected chi connectivity index (χ2v) is 6.30. The Morgan fingerprint density at radius 1 is 1.29 bits per heavy atom. The molecule has 1 aliphatic heterocycles. The summed E-state index contributed by atoms with van der Waals surface area (Å²) in [7, 11) is 0. The molecule has 1 aromatic heterocycles. The van der Waals surface area contributed by atoms with Crippen LogP contribution >= 0.6 is 15.9 Å². The van der Waals surface area contributed by atoms with E-state index in [-0.39, 0.29) is 0 Å². The number of fused-ring (bicyclic) bond motifs is 1. The number of hydrogen-bond acceptors (Lipinski definition) is 2. The van der Waals surface area contributed by atoms with Crippen LogP contribution in [0.3, 0.4) is 0 Å². The molecule has 17 heavy (non-hydrogen) atoms. The molecule has 0 bridgehead atoms. The van der Waals surface area contributed by atoms with Crippen LogP contribution in [0.4, 0.5) is 5.82 Å². The van der Waals surface area contributed by atoms with Crippen molar-refractivity contribution >= 4 is 21.7 Å². The van der Waals surface area contributed by atoms with Crippen LogP contribution in [-0.2, 0) is 0 Å². The predicted octanol–water partition coefficient (Wildman–Crippen LogP) is 3.92. The number of nitrogens with zero attached hydrogens (tertiary/aromatic N) is 2. The molecule has 0 N–H and O–H groups in total. The molecular weight excluding hydrogens is 276 g/mol. The molecule has 0 aromatic carbocycles. The lowest BCUT2D eigenvalue weighted by Gasteiger charge is -2.39. The Labute approximate surface area is 112 Å². The van der Waals surface area contributed by atoms with E-state index in [9.17, 15) is 0 Å². The Morgan fingerprint density at radius 3 is 2.94 bits per heavy atom. The normalized spacial score (nSPS) is 28.2. The maximum atomic E-state index is 4.64. The van der Waals surface area contributed by atoms with E-state index in [4.69, 9.17) is 0 Å². The van der Waals surface area contributed by atoms with Gasteiger partial charge in [-0.3, -0.25) is 0 Å². The first kappa shape index (κ1) is 11.5. The van der Waals surface area contributed by atoms with Crippen LogP contribution in [0.25, 0.3) is 0 Å². The number of halogens is 1. The second-order valence-electron chi connectivity index (χ2n) is 5.39. The molecule has 3 rings (SSSR count). The zero-order chi connectivity index (χ0) is 11.8. The summed E-state index contributed by atoms with van der Waals surface area (Å²) in [5.41, 5.74) is 1.30. The number of pyridine rings is 1. The molecule has 2 unspecified atom stereocenters. The van der Waals surface area contributed by atoms with Gasteiger partial charge in [0.25, 0.3) is 0 Å². The summed E-state index contributed by atoms with van der Waals surface area (Å²) in [4.78, 5) is 7.21. The molecule has 0 spiro atoms. The third-order valence-corrected chi connectivity index (χ3v) is 4.72. The highest BCUT2D eigenvalue weighted by Crippen LogP contribution is 2.39. The predicted molar refractivity (Wildman–Crippen MR) is 74.4 cm³/mol. The van der Waals surface area contributed by atoms with Gasteiger partial charge in [0.2, 0.25) is 0 Å². The van der Waals surface area contributed by atoms with Crippen molar-refractivity contribution in [2.24, 2.45) is 5.92 Å². The average molecular weight is 295 g/mol. The highest BCUT2D eigenvalue weighted by Gasteiger charge is 2.35. The molecule has 0 amide bonds. The van der Waals surface area contributed by atoms with Crippen molar-refractivity contribution in [1.82, 2.24) is 4.98 Å². The first-order valence-corrected chi connectivity index (χ1v) is 7.44. The van der Waals surface area contributed by atoms with Crippen LogP contribution in [0.2, 0.25) is 0 Å². The molecule has 2 fully saturated rings. The zero-order valence-electron chi connectivity index (χ0n) is 10.3. The fourth-order valence-corrected chi connectivity index (χ4v) is 4.00. The monoisotopic (exact) mass is 294 g/mol. The lowest BCUT2D eigenvalue weighted by atomic mass is 9.92. The molecule has 2 aliphatic rings. The number of rotatable bonds is 1. The maximum Gasteiger partial charge on any atom is 0.131 e. The van der Waals surface area contributed by atoms with Gasteiger partial charge in [-0.25, -0.2) is 4.98 Å². The standard InChI is InChI=1S/C14H19BrN2/c1-10-8-12(15)9-16-14(10)17-7-3-5-11-4-2-6-13(11)17/h8-9,11,13H,2-7H2,1H3. The van der Waals surface area contributed by atoms with Gasteiger partial charge in [-0.15, -0.1) is 0 Å². The minimum Gasteiger partial charge on any atom is -0.353 e. The van der Waals surface area contributed by atoms with E-state index in [2.05, 4.69) is 38.8 Å². The lowest BCUT2D eigenvalue weighted by molar-refractivity contribution is 0.360. The molecule has 1 saturated heterocycles. The maximum absolute atomic E-state index is 4.64. The SMILES string of the molecule is Cc1cc(Br)cnc1N1CCCC2CCCC21. The molecule has 2 nitrogen and oxygen atoms in total. The van der Waals surface area contributed by atoms with Gasteiger partial charge in [-0.2, -0.15) is 0 Å². The molecular formula is C14H19BrN2. The van der Waals surface area contributed by atoms with E-state index >= 15 is 0 Å². The first-order valence-electron chi connectivity index (χ1n) is 6.64. The largest absolute Gasteiger partial charge is 0.353 e. The van der Waals surface area contributed by atoms with Gasteiger partial charge in [0.15, 0.2) is 0 Å². The highest BCUT2D eigenvalue weighted by molar-refractivity contribution is 9.10. The number of aryl methyl sites for hydroxylation is 1. The van der Waals surface area contributed by atoms with Crippen LogP contribution in [0.1, 0.15) is 37.7 Å². The van der Waals surface area contributed by atoms with Gasteiger partial charge in [0.1, 0.15) is 5.82 Å². The summed E-state index contributed by atoms with van der Waals surface area (Å²) in [6.45, 7) is 3.36. The summed E-state index contributed by atoms with van der Waals surface area (Å²) < 4.78 is 1.08. The van der Waals surface area contributed by atoms with Crippen LogP contribution in [0.5, 0.6) is 0 Å².